The highest BCUT2D eigenvalue weighted by molar-refractivity contribution is 7.99. The van der Waals surface area contributed by atoms with Gasteiger partial charge >= 0.3 is 0 Å². The van der Waals surface area contributed by atoms with Crippen LogP contribution in [0.15, 0.2) is 17.5 Å². The van der Waals surface area contributed by atoms with Gasteiger partial charge in [0, 0.05) is 10.9 Å². The van der Waals surface area contributed by atoms with Gasteiger partial charge in [0.2, 0.25) is 0 Å². The zero-order chi connectivity index (χ0) is 12.9. The molecule has 1 saturated heterocycles. The summed E-state index contributed by atoms with van der Waals surface area (Å²) < 4.78 is 0. The first-order valence-corrected chi connectivity index (χ1v) is 9.81. The number of nitrogens with one attached hydrogen (secondary N) is 1. The van der Waals surface area contributed by atoms with Crippen LogP contribution < -0.4 is 5.32 Å². The Morgan fingerprint density at radius 2 is 1.95 bits per heavy atom. The maximum absolute atomic E-state index is 3.93. The molecular weight excluding hydrogens is 270 g/mol. The van der Waals surface area contributed by atoms with Crippen LogP contribution in [-0.4, -0.2) is 18.1 Å². The second kappa shape index (κ2) is 7.14. The van der Waals surface area contributed by atoms with Crippen molar-refractivity contribution in [3.05, 3.63) is 22.4 Å². The second-order valence-electron chi connectivity index (χ2n) is 6.00. The van der Waals surface area contributed by atoms with Gasteiger partial charge in [-0.05, 0) is 67.0 Å². The number of thiophene rings is 1. The van der Waals surface area contributed by atoms with Crippen LogP contribution >= 0.6 is 23.1 Å². The lowest BCUT2D eigenvalue weighted by Crippen LogP contribution is -2.32. The Morgan fingerprint density at radius 3 is 2.63 bits per heavy atom. The van der Waals surface area contributed by atoms with Crippen LogP contribution in [-0.2, 0) is 0 Å². The SMILES string of the molecule is c1csc(C(NCC2CCSCC2)C2CCCC2)c1. The summed E-state index contributed by atoms with van der Waals surface area (Å²) in [6.45, 7) is 1.24. The molecule has 1 unspecified atom stereocenters. The van der Waals surface area contributed by atoms with Gasteiger partial charge in [0.05, 0.1) is 0 Å². The van der Waals surface area contributed by atoms with Crippen molar-refractivity contribution in [2.24, 2.45) is 11.8 Å². The van der Waals surface area contributed by atoms with Crippen molar-refractivity contribution in [3.8, 4) is 0 Å². The molecular formula is C16H25NS2. The van der Waals surface area contributed by atoms with Gasteiger partial charge in [-0.25, -0.2) is 0 Å². The van der Waals surface area contributed by atoms with Crippen LogP contribution in [0.3, 0.4) is 0 Å². The van der Waals surface area contributed by atoms with E-state index in [-0.39, 0.29) is 0 Å². The van der Waals surface area contributed by atoms with Gasteiger partial charge in [-0.1, -0.05) is 18.9 Å². The van der Waals surface area contributed by atoms with Crippen LogP contribution in [0.2, 0.25) is 0 Å². The molecule has 1 N–H and O–H groups in total. The Kier molecular flexibility index (Phi) is 5.25. The van der Waals surface area contributed by atoms with Crippen molar-refractivity contribution in [2.45, 2.75) is 44.6 Å². The van der Waals surface area contributed by atoms with E-state index in [4.69, 9.17) is 0 Å². The highest BCUT2D eigenvalue weighted by Crippen LogP contribution is 2.37. The molecule has 1 aromatic rings. The lowest BCUT2D eigenvalue weighted by atomic mass is 9.95. The van der Waals surface area contributed by atoms with Crippen LogP contribution in [0.25, 0.3) is 0 Å². The van der Waals surface area contributed by atoms with E-state index in [2.05, 4.69) is 34.6 Å². The summed E-state index contributed by atoms with van der Waals surface area (Å²) in [5, 5.41) is 6.17. The van der Waals surface area contributed by atoms with Crippen molar-refractivity contribution in [1.82, 2.24) is 5.32 Å². The molecule has 1 atom stereocenters. The highest BCUT2D eigenvalue weighted by atomic mass is 32.2. The molecule has 0 spiro atoms. The summed E-state index contributed by atoms with van der Waals surface area (Å²) >= 11 is 4.07. The Labute approximate surface area is 125 Å². The molecule has 1 saturated carbocycles. The van der Waals surface area contributed by atoms with Crippen LogP contribution in [0.4, 0.5) is 0 Å². The molecule has 2 aliphatic rings. The summed E-state index contributed by atoms with van der Waals surface area (Å²) in [4.78, 5) is 1.57. The topological polar surface area (TPSA) is 12.0 Å². The standard InChI is InChI=1S/C16H25NS2/c1-2-5-14(4-1)16(15-6-3-9-19-15)17-12-13-7-10-18-11-8-13/h3,6,9,13-14,16-17H,1-2,4-5,7-8,10-12H2. The lowest BCUT2D eigenvalue weighted by molar-refractivity contribution is 0.335. The molecule has 0 radical (unpaired) electrons. The lowest BCUT2D eigenvalue weighted by Gasteiger charge is -2.28. The second-order valence-corrected chi connectivity index (χ2v) is 8.21. The number of thioether (sulfide) groups is 1. The summed E-state index contributed by atoms with van der Waals surface area (Å²) in [6.07, 6.45) is 8.56. The largest absolute Gasteiger partial charge is 0.309 e. The maximum atomic E-state index is 3.93. The van der Waals surface area contributed by atoms with Crippen molar-refractivity contribution in [3.63, 3.8) is 0 Å². The minimum absolute atomic E-state index is 0.636. The smallest absolute Gasteiger partial charge is 0.0443 e. The molecule has 2 heterocycles. The van der Waals surface area contributed by atoms with E-state index in [1.54, 1.807) is 4.88 Å². The quantitative estimate of drug-likeness (QED) is 0.844. The third kappa shape index (κ3) is 3.77. The van der Waals surface area contributed by atoms with Crippen molar-refractivity contribution >= 4 is 23.1 Å². The zero-order valence-corrected chi connectivity index (χ0v) is 13.3. The van der Waals surface area contributed by atoms with Gasteiger partial charge in [0.25, 0.3) is 0 Å². The number of rotatable bonds is 5. The molecule has 19 heavy (non-hydrogen) atoms. The molecule has 3 heteroatoms. The highest BCUT2D eigenvalue weighted by Gasteiger charge is 2.27. The van der Waals surface area contributed by atoms with Gasteiger partial charge in [0.15, 0.2) is 0 Å². The van der Waals surface area contributed by atoms with Gasteiger partial charge < -0.3 is 5.32 Å². The minimum atomic E-state index is 0.636. The Hall–Kier alpha value is 0.01000. The molecule has 0 aromatic carbocycles. The fraction of sp³-hybridized carbons (Fsp3) is 0.750. The fourth-order valence-electron chi connectivity index (χ4n) is 3.50. The van der Waals surface area contributed by atoms with Gasteiger partial charge in [-0.2, -0.15) is 11.8 Å². The third-order valence-electron chi connectivity index (χ3n) is 4.69. The Balaban J connectivity index is 1.58. The summed E-state index contributed by atoms with van der Waals surface area (Å²) in [5.41, 5.74) is 0. The molecule has 1 nitrogen and oxygen atoms in total. The molecule has 1 aromatic heterocycles. The molecule has 0 bridgehead atoms. The Bertz CT molecular complexity index is 351. The normalized spacial score (nSPS) is 23.8. The first-order valence-electron chi connectivity index (χ1n) is 7.78. The summed E-state index contributed by atoms with van der Waals surface area (Å²) in [5.74, 6) is 4.56. The van der Waals surface area contributed by atoms with E-state index in [9.17, 15) is 0 Å². The zero-order valence-electron chi connectivity index (χ0n) is 11.6. The predicted octanol–water partition coefficient (Wildman–Crippen LogP) is 4.71. The maximum Gasteiger partial charge on any atom is 0.0443 e. The molecule has 1 aliphatic heterocycles. The fourth-order valence-corrected chi connectivity index (χ4v) is 5.60. The molecule has 0 amide bonds. The van der Waals surface area contributed by atoms with E-state index < -0.39 is 0 Å². The average Bonchev–Trinajstić information content (AvgIpc) is 3.13. The van der Waals surface area contributed by atoms with Gasteiger partial charge in [-0.15, -0.1) is 11.3 Å². The van der Waals surface area contributed by atoms with Crippen molar-refractivity contribution in [1.29, 1.82) is 0 Å². The molecule has 1 aliphatic carbocycles. The number of hydrogen-bond donors (Lipinski definition) is 1. The van der Waals surface area contributed by atoms with Crippen molar-refractivity contribution in [2.75, 3.05) is 18.1 Å². The number of hydrogen-bond acceptors (Lipinski definition) is 3. The van der Waals surface area contributed by atoms with E-state index >= 15 is 0 Å². The molecule has 2 fully saturated rings. The van der Waals surface area contributed by atoms with Gasteiger partial charge in [0.1, 0.15) is 0 Å². The predicted molar refractivity (Wildman–Crippen MR) is 87.1 cm³/mol. The first-order chi connectivity index (χ1) is 9.43. The first kappa shape index (κ1) is 14.0. The summed E-state index contributed by atoms with van der Waals surface area (Å²) in [7, 11) is 0. The van der Waals surface area contributed by atoms with Gasteiger partial charge in [-0.3, -0.25) is 0 Å². The van der Waals surface area contributed by atoms with E-state index in [0.29, 0.717) is 6.04 Å². The van der Waals surface area contributed by atoms with Crippen molar-refractivity contribution < 1.29 is 0 Å². The Morgan fingerprint density at radius 1 is 1.16 bits per heavy atom. The summed E-state index contributed by atoms with van der Waals surface area (Å²) in [6, 6.07) is 5.18. The molecule has 106 valence electrons. The molecule has 3 rings (SSSR count). The van der Waals surface area contributed by atoms with Crippen LogP contribution in [0, 0.1) is 11.8 Å². The third-order valence-corrected chi connectivity index (χ3v) is 6.69. The van der Waals surface area contributed by atoms with E-state index in [1.165, 1.54) is 56.6 Å². The minimum Gasteiger partial charge on any atom is -0.309 e. The average molecular weight is 296 g/mol. The van der Waals surface area contributed by atoms with E-state index in [0.717, 1.165) is 11.8 Å². The van der Waals surface area contributed by atoms with Crippen LogP contribution in [0.1, 0.15) is 49.4 Å². The monoisotopic (exact) mass is 295 g/mol. The van der Waals surface area contributed by atoms with Crippen LogP contribution in [0.5, 0.6) is 0 Å². The van der Waals surface area contributed by atoms with E-state index in [1.807, 2.05) is 11.3 Å².